The predicted octanol–water partition coefficient (Wildman–Crippen LogP) is 23.0. The second-order valence-electron chi connectivity index (χ2n) is 34.6. The first kappa shape index (κ1) is 113. The normalized spacial score (nSPS) is 13.2. The number of nitrogens with two attached hydrogens (primary N) is 3. The number of halogens is 1. The molecule has 0 radical (unpaired) electrons. The van der Waals surface area contributed by atoms with E-state index in [1.165, 1.54) is 33.4 Å². The van der Waals surface area contributed by atoms with Gasteiger partial charge in [0.1, 0.15) is 35.5 Å². The third-order valence-corrected chi connectivity index (χ3v) is 32.3. The summed E-state index contributed by atoms with van der Waals surface area (Å²) in [6.45, 7) is 0. The Balaban J connectivity index is 0.000000174. The number of carboxylic acids is 6. The van der Waals surface area contributed by atoms with E-state index in [0.29, 0.717) is 29.4 Å². The number of carbonyl (C=O) groups excluding carboxylic acids is 3. The van der Waals surface area contributed by atoms with E-state index in [4.69, 9.17) is 27.4 Å². The molecule has 15 aromatic carbocycles. The molecule has 2 aliphatic rings. The van der Waals surface area contributed by atoms with Crippen molar-refractivity contribution in [3.05, 3.63) is 514 Å². The highest BCUT2D eigenvalue weighted by atomic mass is 35.5. The Bertz CT molecular complexity index is 6220. The standard InChI is InChI=1S/C31H26O3S.C31H28O3S.C22H19NO2S.C22H21NO2S.C12H14O3S.C3H7NO2S.ClH/c32-25(19-22-11-3-1-4-12-22)20-23(30(33)34)21-35-31(24-13-5-2-6-14-24)28-17-9-7-15-26(28)27-16-8-10-18-29(27)31;32-29(21-24-13-5-1-6-14-24)22-25(30(33)34)23-35-31(26-15-7-2-8-16-26,27-17-9-3-10-18-27)28-19-11-4-12-20-28;23-20(21(24)25)14-26-22(15-8-2-1-3-9-15)18-12-6-4-10-16(18)17-11-5-7-13-19(17)22;23-20(21(24)25)16-26-22(17-10-4-1-5-11-17,18-12-6-2-7-13-18)19-14-8-3-9-15-19;13-11(7-10(8-16)12(14)15)6-9-4-2-1-3-5-9;4-2(1-7)3(5)6;/h1-18,23H,19-21H2,(H,33,34);1-20,25H,21-23H2,(H,33,34);1-13,20H,14,23H2,(H,24,25);1-15,20H,16,23H2,(H,24,25);1-5,10,16H,6-8H2,(H,14,15);2,7H,1,4H2,(H,5,6);1H. The van der Waals surface area contributed by atoms with Gasteiger partial charge in [0.05, 0.1) is 36.7 Å². The molecule has 0 saturated carbocycles. The molecule has 0 aromatic heterocycles. The molecule has 0 fully saturated rings. The molecule has 17 rings (SSSR count). The van der Waals surface area contributed by atoms with Crippen LogP contribution >= 0.6 is 84.7 Å². The summed E-state index contributed by atoms with van der Waals surface area (Å²) in [5.41, 5.74) is 37.6. The number of benzene rings is 15. The second-order valence-corrected chi connectivity index (χ2v) is 40.3. The quantitative estimate of drug-likeness (QED) is 0.0125. The number of rotatable bonds is 40. The average Bonchev–Trinajstić information content (AvgIpc) is 1.55. The SMILES string of the molecule is Cl.NC(CS)C(=O)O.NC(CSC(c1ccccc1)(c1ccccc1)c1ccccc1)C(=O)O.NC(CSC1(c2ccccc2)c2ccccc2-c2ccccc21)C(=O)O.O=C(Cc1ccccc1)CC(CS)C(=O)O.O=C(Cc1ccccc1)CC(CSC(c1ccccc1)(c1ccccc1)c1ccccc1)C(=O)O.O=C(Cc1ccccc1)CC(CSC1(c2ccccc2)c2ccccc2-c2ccccc21)C(=O)O. The van der Waals surface area contributed by atoms with Crippen LogP contribution in [0.3, 0.4) is 0 Å². The van der Waals surface area contributed by atoms with Gasteiger partial charge in [0.15, 0.2) is 0 Å². The summed E-state index contributed by atoms with van der Waals surface area (Å²) in [5.74, 6) is -6.57. The van der Waals surface area contributed by atoms with Gasteiger partial charge in [-0.15, -0.1) is 59.5 Å². The number of Topliss-reactive ketones (excluding diaryl/α,β-unsaturated/α-hetero) is 3. The highest BCUT2D eigenvalue weighted by molar-refractivity contribution is 8.01. The fraction of sp³-hybridized carbons (Fsp3) is 0.182. The summed E-state index contributed by atoms with van der Waals surface area (Å²) in [5, 5.41) is 55.4. The van der Waals surface area contributed by atoms with Crippen molar-refractivity contribution in [3.8, 4) is 22.3 Å². The number of fused-ring (bicyclic) bond motifs is 6. The molecule has 0 saturated heterocycles. The lowest BCUT2D eigenvalue weighted by molar-refractivity contribution is -0.143. The fourth-order valence-corrected chi connectivity index (χ4v) is 24.4. The van der Waals surface area contributed by atoms with Gasteiger partial charge >= 0.3 is 35.8 Å². The van der Waals surface area contributed by atoms with Gasteiger partial charge in [-0.1, -0.05) is 431 Å². The van der Waals surface area contributed by atoms with Crippen molar-refractivity contribution in [3.63, 3.8) is 0 Å². The van der Waals surface area contributed by atoms with Gasteiger partial charge in [-0.2, -0.15) is 25.3 Å². The Labute approximate surface area is 886 Å². The van der Waals surface area contributed by atoms with Crippen LogP contribution in [0.1, 0.15) is 103 Å². The van der Waals surface area contributed by atoms with Gasteiger partial charge in [0, 0.05) is 73.0 Å². The zero-order chi connectivity index (χ0) is 103. The van der Waals surface area contributed by atoms with E-state index in [9.17, 15) is 63.6 Å². The largest absolute Gasteiger partial charge is 0.481 e. The highest BCUT2D eigenvalue weighted by Gasteiger charge is 2.48. The van der Waals surface area contributed by atoms with E-state index in [-0.39, 0.29) is 73.4 Å². The minimum absolute atomic E-state index is 0. The zero-order valence-electron chi connectivity index (χ0n) is 80.0. The molecule has 18 nitrogen and oxygen atoms in total. The van der Waals surface area contributed by atoms with Crippen LogP contribution in [-0.2, 0) is 81.4 Å². The van der Waals surface area contributed by atoms with Crippen molar-refractivity contribution in [1.29, 1.82) is 0 Å². The van der Waals surface area contributed by atoms with Gasteiger partial charge < -0.3 is 47.8 Å². The van der Waals surface area contributed by atoms with Crippen molar-refractivity contribution in [2.75, 3.05) is 34.5 Å². The lowest BCUT2D eigenvalue weighted by atomic mass is 9.84. The maximum Gasteiger partial charge on any atom is 0.321 e. The molecule has 6 unspecified atom stereocenters. The molecular weight excluding hydrogens is 1960 g/mol. The van der Waals surface area contributed by atoms with E-state index >= 15 is 0 Å². The molecule has 748 valence electrons. The highest BCUT2D eigenvalue weighted by Crippen LogP contribution is 2.61. The van der Waals surface area contributed by atoms with Crippen molar-refractivity contribution >= 4 is 138 Å². The molecule has 0 amide bonds. The van der Waals surface area contributed by atoms with Crippen molar-refractivity contribution in [2.24, 2.45) is 35.0 Å². The van der Waals surface area contributed by atoms with Crippen molar-refractivity contribution in [2.45, 2.75) is 75.6 Å². The Hall–Kier alpha value is -13.6. The van der Waals surface area contributed by atoms with Crippen LogP contribution in [0.15, 0.2) is 431 Å². The maximum atomic E-state index is 12.8. The molecule has 0 heterocycles. The lowest BCUT2D eigenvalue weighted by Gasteiger charge is -2.36. The first-order chi connectivity index (χ1) is 70.3. The van der Waals surface area contributed by atoms with Crippen LogP contribution < -0.4 is 17.2 Å². The van der Waals surface area contributed by atoms with Crippen LogP contribution in [-0.4, -0.2) is 136 Å². The number of carboxylic acid groups (broad SMARTS) is 6. The predicted molar refractivity (Wildman–Crippen MR) is 599 cm³/mol. The second kappa shape index (κ2) is 56.2. The first-order valence-electron chi connectivity index (χ1n) is 47.2. The lowest BCUT2D eigenvalue weighted by Crippen LogP contribution is -2.36. The van der Waals surface area contributed by atoms with Crippen LogP contribution in [0.4, 0.5) is 0 Å². The molecule has 0 spiro atoms. The minimum atomic E-state index is -1.00. The summed E-state index contributed by atoms with van der Waals surface area (Å²) < 4.78 is -2.14. The van der Waals surface area contributed by atoms with Gasteiger partial charge in [-0.05, 0) is 106 Å². The Morgan fingerprint density at radius 2 is 0.459 bits per heavy atom. The summed E-state index contributed by atoms with van der Waals surface area (Å²) in [6, 6.07) is 141. The van der Waals surface area contributed by atoms with Crippen molar-refractivity contribution in [1.82, 2.24) is 0 Å². The molecule has 6 atom stereocenters. The number of hydrogen-bond donors (Lipinski definition) is 11. The molecule has 0 aliphatic heterocycles. The van der Waals surface area contributed by atoms with Crippen molar-refractivity contribution < 1.29 is 73.8 Å². The summed E-state index contributed by atoms with van der Waals surface area (Å²) in [4.78, 5) is 105. The average molecular weight is 2080 g/mol. The smallest absolute Gasteiger partial charge is 0.321 e. The Kier molecular flexibility index (Phi) is 43.4. The van der Waals surface area contributed by atoms with Gasteiger partial charge in [0.25, 0.3) is 0 Å². The number of carbonyl (C=O) groups is 9. The zero-order valence-corrected chi connectivity index (χ0v) is 85.8. The molecule has 2 aliphatic carbocycles. The van der Waals surface area contributed by atoms with Crippen LogP contribution in [0.5, 0.6) is 0 Å². The summed E-state index contributed by atoms with van der Waals surface area (Å²) >= 11 is 13.9. The van der Waals surface area contributed by atoms with E-state index in [2.05, 4.69) is 171 Å². The van der Waals surface area contributed by atoms with E-state index in [1.807, 2.05) is 285 Å². The minimum Gasteiger partial charge on any atom is -0.481 e. The third kappa shape index (κ3) is 29.0. The molecule has 25 heteroatoms. The topological polar surface area (TPSA) is 353 Å². The van der Waals surface area contributed by atoms with Crippen LogP contribution in [0.25, 0.3) is 22.3 Å². The maximum absolute atomic E-state index is 12.8. The fourth-order valence-electron chi connectivity index (χ4n) is 17.7. The molecule has 15 aromatic rings. The van der Waals surface area contributed by atoms with Gasteiger partial charge in [-0.3, -0.25) is 43.2 Å². The van der Waals surface area contributed by atoms with Crippen LogP contribution in [0.2, 0.25) is 0 Å². The number of aliphatic carboxylic acids is 6. The third-order valence-electron chi connectivity index (χ3n) is 24.8. The molecular formula is C121H116ClN3O15S6. The molecule has 12 N–H and O–H groups in total. The summed E-state index contributed by atoms with van der Waals surface area (Å²) in [7, 11) is 0. The number of thiol groups is 2. The number of ketones is 3. The molecule has 0 bridgehead atoms. The molecule has 146 heavy (non-hydrogen) atoms. The monoisotopic (exact) mass is 2080 g/mol. The first-order valence-corrected chi connectivity index (χ1v) is 52.4. The summed E-state index contributed by atoms with van der Waals surface area (Å²) in [6.07, 6.45) is 0.866. The number of thioether (sulfide) groups is 4. The number of hydrogen-bond acceptors (Lipinski definition) is 18. The van der Waals surface area contributed by atoms with E-state index in [1.54, 1.807) is 47.0 Å². The van der Waals surface area contributed by atoms with Crippen LogP contribution in [0, 0.1) is 17.8 Å². The Morgan fingerprint density at radius 1 is 0.247 bits per heavy atom. The van der Waals surface area contributed by atoms with E-state index < -0.39 is 90.7 Å². The Morgan fingerprint density at radius 3 is 0.699 bits per heavy atom. The van der Waals surface area contributed by atoms with E-state index in [0.717, 1.165) is 72.3 Å². The van der Waals surface area contributed by atoms with Gasteiger partial charge in [0.2, 0.25) is 0 Å². The van der Waals surface area contributed by atoms with Gasteiger partial charge in [-0.25, -0.2) is 0 Å².